The third-order valence-electron chi connectivity index (χ3n) is 5.17. The molecule has 1 N–H and O–H groups in total. The molecule has 132 valence electrons. The van der Waals surface area contributed by atoms with Crippen molar-refractivity contribution in [3.63, 3.8) is 0 Å². The summed E-state index contributed by atoms with van der Waals surface area (Å²) in [4.78, 5) is 15.2. The number of carbonyl (C=O) groups excluding carboxylic acids is 1. The fraction of sp³-hybridized carbons (Fsp3) is 0.526. The number of nitrogens with one attached hydrogen (secondary N) is 1. The van der Waals surface area contributed by atoms with Crippen molar-refractivity contribution in [2.75, 3.05) is 19.6 Å². The molecule has 6 nitrogen and oxygen atoms in total. The van der Waals surface area contributed by atoms with Gasteiger partial charge in [0, 0.05) is 18.5 Å². The molecule has 1 atom stereocenters. The zero-order valence-electron chi connectivity index (χ0n) is 14.7. The number of piperidine rings is 1. The van der Waals surface area contributed by atoms with Crippen LogP contribution in [0.25, 0.3) is 5.69 Å². The molecular formula is C19H25N5O. The van der Waals surface area contributed by atoms with E-state index >= 15 is 0 Å². The van der Waals surface area contributed by atoms with Gasteiger partial charge in [-0.1, -0.05) is 30.3 Å². The molecule has 1 amide bonds. The van der Waals surface area contributed by atoms with E-state index in [-0.39, 0.29) is 11.9 Å². The van der Waals surface area contributed by atoms with Gasteiger partial charge in [0.25, 0.3) is 5.91 Å². The van der Waals surface area contributed by atoms with Crippen LogP contribution in [0.5, 0.6) is 0 Å². The van der Waals surface area contributed by atoms with Gasteiger partial charge in [-0.2, -0.15) is 0 Å². The van der Waals surface area contributed by atoms with Crippen LogP contribution < -0.4 is 5.32 Å². The summed E-state index contributed by atoms with van der Waals surface area (Å²) in [5.41, 5.74) is 2.43. The average molecular weight is 339 g/mol. The van der Waals surface area contributed by atoms with Crippen molar-refractivity contribution in [3.05, 3.63) is 41.7 Å². The molecule has 2 aromatic rings. The third-order valence-corrected chi connectivity index (χ3v) is 5.17. The number of nitrogens with zero attached hydrogens (tertiary/aromatic N) is 4. The zero-order valence-corrected chi connectivity index (χ0v) is 14.7. The van der Waals surface area contributed by atoms with E-state index in [1.165, 1.54) is 0 Å². The van der Waals surface area contributed by atoms with Gasteiger partial charge in [-0.15, -0.1) is 5.10 Å². The molecule has 1 aliphatic heterocycles. The molecule has 1 saturated carbocycles. The van der Waals surface area contributed by atoms with Crippen LogP contribution in [0.1, 0.15) is 54.7 Å². The van der Waals surface area contributed by atoms with Gasteiger partial charge in [0.05, 0.1) is 11.4 Å². The predicted octanol–water partition coefficient (Wildman–Crippen LogP) is 2.36. The van der Waals surface area contributed by atoms with Gasteiger partial charge in [0.15, 0.2) is 5.69 Å². The normalized spacial score (nSPS) is 21.2. The number of carbonyl (C=O) groups is 1. The summed E-state index contributed by atoms with van der Waals surface area (Å²) in [6.07, 6.45) is 4.37. The molecule has 25 heavy (non-hydrogen) atoms. The third kappa shape index (κ3) is 3.44. The summed E-state index contributed by atoms with van der Waals surface area (Å²) in [5.74, 6) is 0.321. The minimum atomic E-state index is -0.0768. The first-order valence-electron chi connectivity index (χ1n) is 9.30. The topological polar surface area (TPSA) is 63.1 Å². The average Bonchev–Trinajstić information content (AvgIpc) is 3.40. The van der Waals surface area contributed by atoms with Gasteiger partial charge in [-0.05, 0) is 50.9 Å². The predicted molar refractivity (Wildman–Crippen MR) is 95.9 cm³/mol. The van der Waals surface area contributed by atoms with Gasteiger partial charge in [0.2, 0.25) is 0 Å². The number of benzene rings is 1. The Morgan fingerprint density at radius 1 is 1.24 bits per heavy atom. The van der Waals surface area contributed by atoms with E-state index in [2.05, 4.69) is 27.5 Å². The second kappa shape index (κ2) is 6.96. The summed E-state index contributed by atoms with van der Waals surface area (Å²) in [5, 5.41) is 11.7. The van der Waals surface area contributed by atoms with Crippen molar-refractivity contribution >= 4 is 5.91 Å². The number of hydrogen-bond donors (Lipinski definition) is 1. The Hall–Kier alpha value is -2.21. The van der Waals surface area contributed by atoms with Gasteiger partial charge >= 0.3 is 0 Å². The van der Waals surface area contributed by atoms with Crippen LogP contribution in [0, 0.1) is 0 Å². The molecule has 2 heterocycles. The van der Waals surface area contributed by atoms with Crippen molar-refractivity contribution in [3.8, 4) is 5.69 Å². The van der Waals surface area contributed by atoms with Crippen molar-refractivity contribution in [2.24, 2.45) is 0 Å². The first-order chi connectivity index (χ1) is 12.3. The van der Waals surface area contributed by atoms with Gasteiger partial charge < -0.3 is 10.2 Å². The van der Waals surface area contributed by atoms with Crippen molar-refractivity contribution in [1.29, 1.82) is 0 Å². The summed E-state index contributed by atoms with van der Waals surface area (Å²) in [6.45, 7) is 5.25. The quantitative estimate of drug-likeness (QED) is 0.908. The second-order valence-electron chi connectivity index (χ2n) is 7.05. The Bertz CT molecular complexity index is 738. The molecule has 1 unspecified atom stereocenters. The summed E-state index contributed by atoms with van der Waals surface area (Å²) in [6, 6.07) is 10.2. The Balaban J connectivity index is 1.56. The standard InChI is InChI=1S/C19H25N5O/c1-2-23-12-6-7-15(13-23)20-19(25)17-18(14-10-11-14)24(22-21-17)16-8-4-3-5-9-16/h3-5,8-9,14-15H,2,6-7,10-13H2,1H3,(H,20,25). The second-order valence-corrected chi connectivity index (χ2v) is 7.05. The SMILES string of the molecule is CCN1CCCC(NC(=O)c2nnn(-c3ccccc3)c2C2CC2)C1. The molecule has 1 aromatic heterocycles. The van der Waals surface area contributed by atoms with Crippen molar-refractivity contribution in [1.82, 2.24) is 25.2 Å². The number of para-hydroxylation sites is 1. The van der Waals surface area contributed by atoms with Crippen LogP contribution >= 0.6 is 0 Å². The first kappa shape index (κ1) is 16.3. The number of likely N-dealkylation sites (N-methyl/N-ethyl adjacent to an activating group) is 1. The molecular weight excluding hydrogens is 314 g/mol. The molecule has 0 bridgehead atoms. The maximum Gasteiger partial charge on any atom is 0.274 e. The summed E-state index contributed by atoms with van der Waals surface area (Å²) < 4.78 is 1.84. The molecule has 6 heteroatoms. The fourth-order valence-corrected chi connectivity index (χ4v) is 3.65. The number of amides is 1. The smallest absolute Gasteiger partial charge is 0.274 e. The highest BCUT2D eigenvalue weighted by Crippen LogP contribution is 2.41. The lowest BCUT2D eigenvalue weighted by Crippen LogP contribution is -2.47. The van der Waals surface area contributed by atoms with E-state index in [9.17, 15) is 4.79 Å². The van der Waals surface area contributed by atoms with Gasteiger partial charge in [-0.25, -0.2) is 4.68 Å². The molecule has 1 aliphatic carbocycles. The van der Waals surface area contributed by atoms with Crippen LogP contribution in [0.3, 0.4) is 0 Å². The van der Waals surface area contributed by atoms with Crippen LogP contribution in [-0.2, 0) is 0 Å². The van der Waals surface area contributed by atoms with Crippen molar-refractivity contribution < 1.29 is 4.79 Å². The zero-order chi connectivity index (χ0) is 17.2. The molecule has 1 saturated heterocycles. The first-order valence-corrected chi connectivity index (χ1v) is 9.30. The number of rotatable bonds is 5. The van der Waals surface area contributed by atoms with Crippen LogP contribution in [-0.4, -0.2) is 51.5 Å². The molecule has 2 fully saturated rings. The maximum atomic E-state index is 12.9. The van der Waals surface area contributed by atoms with Crippen molar-refractivity contribution in [2.45, 2.75) is 44.6 Å². The minimum Gasteiger partial charge on any atom is -0.347 e. The molecule has 2 aliphatic rings. The lowest BCUT2D eigenvalue weighted by atomic mass is 10.1. The van der Waals surface area contributed by atoms with Gasteiger partial charge in [0.1, 0.15) is 0 Å². The highest BCUT2D eigenvalue weighted by molar-refractivity contribution is 5.94. The monoisotopic (exact) mass is 339 g/mol. The highest BCUT2D eigenvalue weighted by atomic mass is 16.2. The number of likely N-dealkylation sites (tertiary alicyclic amines) is 1. The van der Waals surface area contributed by atoms with E-state index in [0.717, 1.165) is 56.7 Å². The van der Waals surface area contributed by atoms with Crippen LogP contribution in [0.15, 0.2) is 30.3 Å². The Morgan fingerprint density at radius 2 is 2.04 bits per heavy atom. The summed E-state index contributed by atoms with van der Waals surface area (Å²) in [7, 11) is 0. The van der Waals surface area contributed by atoms with Crippen LogP contribution in [0.4, 0.5) is 0 Å². The largest absolute Gasteiger partial charge is 0.347 e. The molecule has 1 aromatic carbocycles. The number of hydrogen-bond acceptors (Lipinski definition) is 4. The van der Waals surface area contributed by atoms with E-state index in [1.54, 1.807) is 0 Å². The lowest BCUT2D eigenvalue weighted by Gasteiger charge is -2.32. The fourth-order valence-electron chi connectivity index (χ4n) is 3.65. The lowest BCUT2D eigenvalue weighted by molar-refractivity contribution is 0.0899. The number of aromatic nitrogens is 3. The van der Waals surface area contributed by atoms with Crippen LogP contribution in [0.2, 0.25) is 0 Å². The maximum absolute atomic E-state index is 12.9. The van der Waals surface area contributed by atoms with Gasteiger partial charge in [-0.3, -0.25) is 4.79 Å². The Labute approximate surface area is 148 Å². The summed E-state index contributed by atoms with van der Waals surface area (Å²) >= 11 is 0. The van der Waals surface area contributed by atoms with E-state index in [1.807, 2.05) is 35.0 Å². The molecule has 4 rings (SSSR count). The van der Waals surface area contributed by atoms with E-state index in [0.29, 0.717) is 11.6 Å². The van der Waals surface area contributed by atoms with E-state index in [4.69, 9.17) is 0 Å². The highest BCUT2D eigenvalue weighted by Gasteiger charge is 2.35. The Morgan fingerprint density at radius 3 is 2.76 bits per heavy atom. The molecule has 0 radical (unpaired) electrons. The Kier molecular flexibility index (Phi) is 4.53. The minimum absolute atomic E-state index is 0.0768. The van der Waals surface area contributed by atoms with E-state index < -0.39 is 0 Å². The molecule has 0 spiro atoms.